The highest BCUT2D eigenvalue weighted by atomic mass is 35.5. The highest BCUT2D eigenvalue weighted by Gasteiger charge is 2.10. The van der Waals surface area contributed by atoms with Gasteiger partial charge in [0.2, 0.25) is 0 Å². The van der Waals surface area contributed by atoms with Crippen molar-refractivity contribution in [3.05, 3.63) is 93.0 Å². The minimum atomic E-state index is -0.935. The predicted molar refractivity (Wildman–Crippen MR) is 113 cm³/mol. The summed E-state index contributed by atoms with van der Waals surface area (Å²) in [7, 11) is 0. The fourth-order valence-corrected chi connectivity index (χ4v) is 3.33. The van der Waals surface area contributed by atoms with Crippen molar-refractivity contribution in [1.29, 1.82) is 0 Å². The van der Waals surface area contributed by atoms with E-state index in [4.69, 9.17) is 27.9 Å². The monoisotopic (exact) mass is 415 g/mol. The van der Waals surface area contributed by atoms with Crippen LogP contribution in [-0.4, -0.2) is 11.1 Å². The van der Waals surface area contributed by atoms with E-state index in [0.717, 1.165) is 16.8 Å². The van der Waals surface area contributed by atoms with E-state index in [-0.39, 0.29) is 6.61 Å². The molecule has 28 heavy (non-hydrogen) atoms. The summed E-state index contributed by atoms with van der Waals surface area (Å²) in [6.45, 7) is 2.60. The van der Waals surface area contributed by atoms with Crippen molar-refractivity contribution in [2.24, 2.45) is 0 Å². The minimum absolute atomic E-state index is 0.273. The van der Waals surface area contributed by atoms with Gasteiger partial charge in [-0.3, -0.25) is 0 Å². The summed E-state index contributed by atoms with van der Waals surface area (Å²) in [5, 5.41) is 13.7. The molecule has 2 N–H and O–H groups in total. The molecular formula is C22H19Cl2NO3. The Kier molecular flexibility index (Phi) is 6.45. The summed E-state index contributed by atoms with van der Waals surface area (Å²) >= 11 is 12.4. The number of anilines is 1. The molecule has 0 aliphatic heterocycles. The van der Waals surface area contributed by atoms with Gasteiger partial charge in [-0.2, -0.15) is 0 Å². The molecular weight excluding hydrogens is 397 g/mol. The number of hydrogen-bond donors (Lipinski definition) is 2. The van der Waals surface area contributed by atoms with Gasteiger partial charge in [0.1, 0.15) is 12.4 Å². The van der Waals surface area contributed by atoms with Crippen LogP contribution in [0.25, 0.3) is 0 Å². The quantitative estimate of drug-likeness (QED) is 0.482. The molecule has 0 amide bonds. The minimum Gasteiger partial charge on any atom is -0.489 e. The van der Waals surface area contributed by atoms with Gasteiger partial charge in [0, 0.05) is 27.8 Å². The normalized spacial score (nSPS) is 10.5. The van der Waals surface area contributed by atoms with Crippen LogP contribution in [0.15, 0.2) is 60.7 Å². The predicted octanol–water partition coefficient (Wildman–Crippen LogP) is 6.19. The van der Waals surface area contributed by atoms with Crippen molar-refractivity contribution in [2.75, 3.05) is 5.32 Å². The molecule has 0 aliphatic carbocycles. The summed E-state index contributed by atoms with van der Waals surface area (Å²) in [6.07, 6.45) is 0. The van der Waals surface area contributed by atoms with E-state index in [0.29, 0.717) is 33.5 Å². The molecule has 6 heteroatoms. The van der Waals surface area contributed by atoms with Crippen LogP contribution >= 0.6 is 23.2 Å². The smallest absolute Gasteiger partial charge is 0.336 e. The molecule has 0 fully saturated rings. The van der Waals surface area contributed by atoms with Crippen LogP contribution in [0.3, 0.4) is 0 Å². The van der Waals surface area contributed by atoms with E-state index in [2.05, 4.69) is 5.32 Å². The van der Waals surface area contributed by atoms with E-state index in [9.17, 15) is 9.90 Å². The molecule has 0 unspecified atom stereocenters. The number of aromatic carboxylic acids is 1. The van der Waals surface area contributed by atoms with Crippen molar-refractivity contribution < 1.29 is 14.6 Å². The average Bonchev–Trinajstić information content (AvgIpc) is 2.67. The van der Waals surface area contributed by atoms with Crippen LogP contribution in [0.1, 0.15) is 27.0 Å². The van der Waals surface area contributed by atoms with Gasteiger partial charge < -0.3 is 15.2 Å². The van der Waals surface area contributed by atoms with Gasteiger partial charge in [0.05, 0.1) is 5.56 Å². The molecule has 3 aromatic rings. The zero-order valence-electron chi connectivity index (χ0n) is 15.2. The molecule has 0 saturated heterocycles. The molecule has 0 aliphatic rings. The van der Waals surface area contributed by atoms with Crippen molar-refractivity contribution in [1.82, 2.24) is 0 Å². The molecule has 0 bridgehead atoms. The lowest BCUT2D eigenvalue weighted by atomic mass is 10.1. The average molecular weight is 416 g/mol. The molecule has 4 nitrogen and oxygen atoms in total. The van der Waals surface area contributed by atoms with Crippen LogP contribution in [0, 0.1) is 6.92 Å². The Bertz CT molecular complexity index is 985. The molecule has 0 spiro atoms. The fraction of sp³-hybridized carbons (Fsp3) is 0.136. The third-order valence-corrected chi connectivity index (χ3v) is 5.10. The maximum Gasteiger partial charge on any atom is 0.336 e. The van der Waals surface area contributed by atoms with Crippen LogP contribution in [0.5, 0.6) is 5.75 Å². The van der Waals surface area contributed by atoms with Gasteiger partial charge in [0.15, 0.2) is 0 Å². The Balaban J connectivity index is 1.67. The second-order valence-electron chi connectivity index (χ2n) is 6.27. The maximum absolute atomic E-state index is 11.3. The number of rotatable bonds is 7. The largest absolute Gasteiger partial charge is 0.489 e. The number of benzene rings is 3. The zero-order valence-corrected chi connectivity index (χ0v) is 16.7. The van der Waals surface area contributed by atoms with Crippen molar-refractivity contribution in [3.63, 3.8) is 0 Å². The lowest BCUT2D eigenvalue weighted by Gasteiger charge is -2.13. The topological polar surface area (TPSA) is 58.6 Å². The summed E-state index contributed by atoms with van der Waals surface area (Å²) in [4.78, 5) is 11.3. The Hall–Kier alpha value is -2.69. The van der Waals surface area contributed by atoms with E-state index in [1.165, 1.54) is 0 Å². The Labute approximate surface area is 173 Å². The highest BCUT2D eigenvalue weighted by Crippen LogP contribution is 2.26. The third-order valence-electron chi connectivity index (χ3n) is 4.39. The van der Waals surface area contributed by atoms with E-state index >= 15 is 0 Å². The SMILES string of the molecule is Cc1c(NCc2cccc(OCc3c(Cl)cccc3Cl)c2)cccc1C(=O)O. The number of carbonyl (C=O) groups is 1. The van der Waals surface area contributed by atoms with Gasteiger partial charge in [-0.1, -0.05) is 47.5 Å². The Morgan fingerprint density at radius 1 is 1.04 bits per heavy atom. The number of hydrogen-bond acceptors (Lipinski definition) is 3. The summed E-state index contributed by atoms with van der Waals surface area (Å²) in [5.74, 6) is -0.235. The molecule has 3 rings (SSSR count). The first-order chi connectivity index (χ1) is 13.5. The number of halogens is 2. The van der Waals surface area contributed by atoms with E-state index in [1.54, 1.807) is 37.3 Å². The summed E-state index contributed by atoms with van der Waals surface area (Å²) in [6, 6.07) is 18.2. The first kappa shape index (κ1) is 20.1. The fourth-order valence-electron chi connectivity index (χ4n) is 2.83. The molecule has 0 radical (unpaired) electrons. The van der Waals surface area contributed by atoms with Gasteiger partial charge in [-0.25, -0.2) is 4.79 Å². The van der Waals surface area contributed by atoms with Crippen LogP contribution in [-0.2, 0) is 13.2 Å². The highest BCUT2D eigenvalue weighted by molar-refractivity contribution is 6.35. The summed E-state index contributed by atoms with van der Waals surface area (Å²) in [5.41, 5.74) is 3.53. The molecule has 0 saturated carbocycles. The van der Waals surface area contributed by atoms with Crippen LogP contribution < -0.4 is 10.1 Å². The standard InChI is InChI=1S/C22H19Cl2NO3/c1-14-17(22(26)27)7-3-10-21(14)25-12-15-5-2-6-16(11-15)28-13-18-19(23)8-4-9-20(18)24/h2-11,25H,12-13H2,1H3,(H,26,27). The van der Waals surface area contributed by atoms with Crippen molar-refractivity contribution in [3.8, 4) is 5.75 Å². The Morgan fingerprint density at radius 2 is 1.71 bits per heavy atom. The molecule has 0 heterocycles. The lowest BCUT2D eigenvalue weighted by molar-refractivity contribution is 0.0696. The second-order valence-corrected chi connectivity index (χ2v) is 7.09. The van der Waals surface area contributed by atoms with Crippen molar-refractivity contribution in [2.45, 2.75) is 20.1 Å². The van der Waals surface area contributed by atoms with Crippen LogP contribution in [0.4, 0.5) is 5.69 Å². The molecule has 144 valence electrons. The summed E-state index contributed by atoms with van der Waals surface area (Å²) < 4.78 is 5.85. The van der Waals surface area contributed by atoms with Crippen molar-refractivity contribution >= 4 is 34.9 Å². The van der Waals surface area contributed by atoms with Crippen LogP contribution in [0.2, 0.25) is 10.0 Å². The van der Waals surface area contributed by atoms with Gasteiger partial charge in [-0.05, 0) is 54.4 Å². The molecule has 0 aromatic heterocycles. The third kappa shape index (κ3) is 4.77. The zero-order chi connectivity index (χ0) is 20.1. The van der Waals surface area contributed by atoms with Gasteiger partial charge >= 0.3 is 5.97 Å². The second kappa shape index (κ2) is 9.00. The Morgan fingerprint density at radius 3 is 2.43 bits per heavy atom. The lowest BCUT2D eigenvalue weighted by Crippen LogP contribution is -2.06. The van der Waals surface area contributed by atoms with E-state index < -0.39 is 5.97 Å². The first-order valence-electron chi connectivity index (χ1n) is 8.67. The van der Waals surface area contributed by atoms with Gasteiger partial charge in [-0.15, -0.1) is 0 Å². The van der Waals surface area contributed by atoms with E-state index in [1.807, 2.05) is 30.3 Å². The number of nitrogens with one attached hydrogen (secondary N) is 1. The molecule has 0 atom stereocenters. The first-order valence-corrected chi connectivity index (χ1v) is 9.42. The number of carboxylic acid groups (broad SMARTS) is 1. The molecule has 3 aromatic carbocycles. The van der Waals surface area contributed by atoms with Gasteiger partial charge in [0.25, 0.3) is 0 Å². The number of ether oxygens (including phenoxy) is 1. The number of carboxylic acids is 1. The maximum atomic E-state index is 11.3.